The summed E-state index contributed by atoms with van der Waals surface area (Å²) in [6, 6.07) is 0.617. The van der Waals surface area contributed by atoms with Crippen molar-refractivity contribution in [2.75, 3.05) is 19.6 Å². The van der Waals surface area contributed by atoms with E-state index in [0.717, 1.165) is 15.0 Å². The van der Waals surface area contributed by atoms with E-state index in [2.05, 4.69) is 34.0 Å². The van der Waals surface area contributed by atoms with Gasteiger partial charge in [0.1, 0.15) is 24.2 Å². The number of primary amides is 1. The molecule has 0 saturated heterocycles. The first kappa shape index (κ1) is 58.3. The molecule has 0 bridgehead atoms. The Kier molecular flexibility index (Phi) is 26.6. The molecule has 26 heteroatoms. The topological polar surface area (TPSA) is 321 Å². The van der Waals surface area contributed by atoms with Crippen molar-refractivity contribution in [2.24, 2.45) is 5.73 Å². The van der Waals surface area contributed by atoms with Crippen molar-refractivity contribution in [3.8, 4) is 0 Å². The van der Waals surface area contributed by atoms with Crippen LogP contribution in [-0.4, -0.2) is 128 Å². The van der Waals surface area contributed by atoms with Gasteiger partial charge in [0.15, 0.2) is 23.3 Å². The summed E-state index contributed by atoms with van der Waals surface area (Å²) in [5.41, 5.74) is 3.89. The van der Waals surface area contributed by atoms with Gasteiger partial charge < -0.3 is 53.2 Å². The van der Waals surface area contributed by atoms with Crippen LogP contribution in [-0.2, 0) is 60.8 Å². The number of unbranched alkanes of at least 4 members (excludes halogenated alkanes) is 1. The molecular weight excluding hydrogens is 970 g/mol. The number of hydrogen-bond donors (Lipinski definition) is 10. The number of carbonyl (C=O) groups is 10. The van der Waals surface area contributed by atoms with E-state index in [0.29, 0.717) is 18.4 Å². The average Bonchev–Trinajstić information content (AvgIpc) is 3.29. The Bertz CT molecular complexity index is 2060. The number of aliphatic carboxylic acids is 2. The molecule has 0 aromatic heterocycles. The molecule has 2 rings (SSSR count). The Labute approximate surface area is 387 Å². The van der Waals surface area contributed by atoms with E-state index in [-0.39, 0.29) is 19.3 Å². The zero-order valence-corrected chi connectivity index (χ0v) is 38.2. The molecule has 0 aliphatic carbocycles. The predicted molar refractivity (Wildman–Crippen MR) is 227 cm³/mol. The van der Waals surface area contributed by atoms with Gasteiger partial charge in [0, 0.05) is 31.2 Å². The molecule has 0 aliphatic rings. The van der Waals surface area contributed by atoms with Gasteiger partial charge in [-0.15, -0.1) is 0 Å². The molecule has 2 aromatic carbocycles. The normalized spacial score (nSPS) is 12.3. The summed E-state index contributed by atoms with van der Waals surface area (Å²) >= 11 is 0.917. The molecule has 20 nitrogen and oxygen atoms in total. The molecule has 0 heterocycles. The van der Waals surface area contributed by atoms with Gasteiger partial charge in [-0.25, -0.2) is 22.0 Å². The second kappa shape index (κ2) is 30.5. The van der Waals surface area contributed by atoms with Gasteiger partial charge in [-0.1, -0.05) is 43.7 Å². The summed E-state index contributed by atoms with van der Waals surface area (Å²) < 4.78 is 71.9. The van der Waals surface area contributed by atoms with E-state index in [4.69, 9.17) is 15.9 Å². The monoisotopic (exact) mass is 1020 g/mol. The zero-order valence-electron chi connectivity index (χ0n) is 36.5. The number of nitrogens with two attached hydrogens (primary N) is 1. The number of carboxylic acids is 2. The molecular formula is C41H53F5N8O12Se. The minimum absolute atomic E-state index is 0.0313. The second-order valence-electron chi connectivity index (χ2n) is 14.2. The quantitative estimate of drug-likeness (QED) is 0.0238. The molecule has 0 radical (unpaired) electrons. The first-order valence-electron chi connectivity index (χ1n) is 20.3. The molecule has 1 unspecified atom stereocenters. The average molecular weight is 1020 g/mol. The summed E-state index contributed by atoms with van der Waals surface area (Å²) in [5.74, 6) is -21.4. The van der Waals surface area contributed by atoms with Crippen LogP contribution in [0.15, 0.2) is 30.3 Å². The zero-order chi connectivity index (χ0) is 50.8. The number of halogens is 5. The van der Waals surface area contributed by atoms with Gasteiger partial charge in [-0.05, 0) is 18.4 Å². The van der Waals surface area contributed by atoms with Crippen molar-refractivity contribution < 1.29 is 80.1 Å². The molecule has 4 atom stereocenters. The van der Waals surface area contributed by atoms with Crippen LogP contribution in [0.5, 0.6) is 0 Å². The molecule has 0 fully saturated rings. The van der Waals surface area contributed by atoms with E-state index in [9.17, 15) is 69.9 Å². The van der Waals surface area contributed by atoms with Gasteiger partial charge in [0.2, 0.25) is 53.1 Å². The third kappa shape index (κ3) is 21.9. The summed E-state index contributed by atoms with van der Waals surface area (Å²) in [4.78, 5) is 124. The van der Waals surface area contributed by atoms with Crippen molar-refractivity contribution >= 4 is 74.2 Å². The minimum atomic E-state index is -2.53. The van der Waals surface area contributed by atoms with E-state index in [1.165, 1.54) is 29.6 Å². The molecule has 0 saturated carbocycles. The van der Waals surface area contributed by atoms with Crippen molar-refractivity contribution in [3.63, 3.8) is 0 Å². The third-order valence-electron chi connectivity index (χ3n) is 8.97. The van der Waals surface area contributed by atoms with Crippen LogP contribution < -0.4 is 43.0 Å². The van der Waals surface area contributed by atoms with Crippen molar-refractivity contribution in [1.82, 2.24) is 37.2 Å². The first-order chi connectivity index (χ1) is 31.6. The number of carbonyl (C=O) groups excluding carboxylic acids is 8. The molecule has 2 aromatic rings. The number of carboxylic acid groups (broad SMARTS) is 2. The van der Waals surface area contributed by atoms with Crippen molar-refractivity contribution in [3.05, 3.63) is 70.5 Å². The van der Waals surface area contributed by atoms with Gasteiger partial charge >= 0.3 is 45.0 Å². The van der Waals surface area contributed by atoms with Crippen LogP contribution in [0.2, 0.25) is 11.1 Å². The van der Waals surface area contributed by atoms with Gasteiger partial charge in [0.25, 0.3) is 0 Å². The molecule has 8 amide bonds. The Balaban J connectivity index is 0.00000538. The van der Waals surface area contributed by atoms with Crippen molar-refractivity contribution in [1.29, 1.82) is 0 Å². The summed E-state index contributed by atoms with van der Waals surface area (Å²) in [5, 5.41) is 34.2. The molecule has 370 valence electrons. The van der Waals surface area contributed by atoms with E-state index in [1.807, 2.05) is 16.0 Å². The van der Waals surface area contributed by atoms with E-state index < -0.39 is 157 Å². The van der Waals surface area contributed by atoms with Gasteiger partial charge in [-0.2, -0.15) is 0 Å². The van der Waals surface area contributed by atoms with Crippen LogP contribution in [0.25, 0.3) is 0 Å². The van der Waals surface area contributed by atoms with Crippen LogP contribution in [0.3, 0.4) is 0 Å². The number of rotatable bonds is 27. The number of amides is 8. The SMILES string of the molecule is CCCCC(=O)N[C@@H](CCC(=O)O)C(=O)NCC(=O)NCC(=O)N[C@@H](Cc1c(F)c(F)c(F)c(F)c1F)C(=O)N[C@@H](Cc1ccccc1)C(=O)NCC(=O)NC(CC(=O)O)C(N)=O.CC[Se]C. The summed E-state index contributed by atoms with van der Waals surface area (Å²) in [6.45, 7) is 1.21. The second-order valence-corrected chi connectivity index (χ2v) is 16.6. The standard InChI is InChI=1S/C38H45F5N8O12.C3H8Se/c1-2-3-9-24(52)48-20(10-11-28(56)57)36(61)46-15-25(53)45-16-26(54)50-23(13-19-30(39)32(41)34(43)33(42)31(19)40)38(63)51-22(12-18-7-5-4-6-8-18)37(62)47-17-27(55)49-21(35(44)60)14-29(58)59;1-3-4-2/h4-8,20-23H,2-3,9-17H2,1H3,(H2,44,60)(H,45,53)(H,46,61)(H,47,62)(H,48,52)(H,49,55)(H,50,54)(H,51,63)(H,56,57)(H,58,59);3H2,1-2H3/t20-,21?,22-,23-;/m0./s1. The van der Waals surface area contributed by atoms with E-state index >= 15 is 0 Å². The van der Waals surface area contributed by atoms with Crippen LogP contribution in [0.1, 0.15) is 63.5 Å². The summed E-state index contributed by atoms with van der Waals surface area (Å²) in [6.07, 6.45) is -2.45. The maximum atomic E-state index is 14.8. The molecule has 67 heavy (non-hydrogen) atoms. The molecule has 0 spiro atoms. The van der Waals surface area contributed by atoms with Crippen LogP contribution in [0, 0.1) is 29.1 Å². The Hall–Kier alpha value is -6.69. The number of hydrogen-bond acceptors (Lipinski definition) is 10. The van der Waals surface area contributed by atoms with E-state index in [1.54, 1.807) is 13.0 Å². The fourth-order valence-corrected chi connectivity index (χ4v) is 5.43. The molecule has 11 N–H and O–H groups in total. The Morgan fingerprint density at radius 2 is 1.06 bits per heavy atom. The van der Waals surface area contributed by atoms with Gasteiger partial charge in [-0.3, -0.25) is 47.9 Å². The fourth-order valence-electron chi connectivity index (χ4n) is 5.43. The number of nitrogens with one attached hydrogen (secondary N) is 7. The fraction of sp³-hybridized carbons (Fsp3) is 0.463. The first-order valence-corrected chi connectivity index (χ1v) is 23.2. The Morgan fingerprint density at radius 3 is 1.57 bits per heavy atom. The third-order valence-corrected chi connectivity index (χ3v) is 10.2. The Morgan fingerprint density at radius 1 is 0.582 bits per heavy atom. The van der Waals surface area contributed by atoms with Gasteiger partial charge in [0.05, 0.1) is 26.1 Å². The predicted octanol–water partition coefficient (Wildman–Crippen LogP) is -0.353. The van der Waals surface area contributed by atoms with Crippen molar-refractivity contribution in [2.45, 2.75) is 101 Å². The number of benzene rings is 2. The molecule has 0 aliphatic heterocycles. The van der Waals surface area contributed by atoms with Crippen LogP contribution in [0.4, 0.5) is 22.0 Å². The van der Waals surface area contributed by atoms with Crippen LogP contribution >= 0.6 is 0 Å². The summed E-state index contributed by atoms with van der Waals surface area (Å²) in [7, 11) is 0. The maximum absolute atomic E-state index is 14.8.